The number of hydrogen-bond acceptors (Lipinski definition) is 3. The van der Waals surface area contributed by atoms with Gasteiger partial charge in [0, 0.05) is 25.3 Å². The quantitative estimate of drug-likeness (QED) is 0.790. The molecule has 0 bridgehead atoms. The number of rotatable bonds is 8. The second kappa shape index (κ2) is 8.38. The standard InChI is InChI=1S/C17H31N3/c1-6-11-19-16(17(3,4)5)14-20(7-2)13-15-10-8-9-12-18-15/h8-10,12,16,19H,6-7,11,13-14H2,1-5H3. The van der Waals surface area contributed by atoms with E-state index in [-0.39, 0.29) is 5.41 Å². The van der Waals surface area contributed by atoms with Gasteiger partial charge in [-0.25, -0.2) is 0 Å². The highest BCUT2D eigenvalue weighted by atomic mass is 15.2. The molecule has 0 saturated carbocycles. The Balaban J connectivity index is 2.63. The maximum absolute atomic E-state index is 4.44. The topological polar surface area (TPSA) is 28.2 Å². The Bertz CT molecular complexity index is 356. The van der Waals surface area contributed by atoms with Crippen LogP contribution in [0.5, 0.6) is 0 Å². The van der Waals surface area contributed by atoms with E-state index in [4.69, 9.17) is 0 Å². The number of nitrogens with zero attached hydrogens (tertiary/aromatic N) is 2. The molecule has 0 saturated heterocycles. The predicted molar refractivity (Wildman–Crippen MR) is 86.7 cm³/mol. The second-order valence-electron chi connectivity index (χ2n) is 6.52. The van der Waals surface area contributed by atoms with Gasteiger partial charge in [-0.1, -0.05) is 40.7 Å². The second-order valence-corrected chi connectivity index (χ2v) is 6.52. The fraction of sp³-hybridized carbons (Fsp3) is 0.706. The van der Waals surface area contributed by atoms with Crippen LogP contribution in [0.3, 0.4) is 0 Å². The van der Waals surface area contributed by atoms with E-state index in [9.17, 15) is 0 Å². The lowest BCUT2D eigenvalue weighted by atomic mass is 9.86. The molecule has 0 aromatic carbocycles. The first kappa shape index (κ1) is 17.1. The normalized spacial score (nSPS) is 13.7. The summed E-state index contributed by atoms with van der Waals surface area (Å²) in [5, 5.41) is 3.70. The van der Waals surface area contributed by atoms with Crippen molar-refractivity contribution in [3.63, 3.8) is 0 Å². The molecule has 3 nitrogen and oxygen atoms in total. The van der Waals surface area contributed by atoms with Gasteiger partial charge in [-0.3, -0.25) is 9.88 Å². The summed E-state index contributed by atoms with van der Waals surface area (Å²) in [6, 6.07) is 6.65. The number of hydrogen-bond donors (Lipinski definition) is 1. The molecule has 0 aliphatic heterocycles. The van der Waals surface area contributed by atoms with Crippen molar-refractivity contribution in [2.45, 2.75) is 53.6 Å². The Kier molecular flexibility index (Phi) is 7.17. The maximum atomic E-state index is 4.44. The summed E-state index contributed by atoms with van der Waals surface area (Å²) in [5.41, 5.74) is 1.42. The van der Waals surface area contributed by atoms with E-state index in [0.717, 1.165) is 31.9 Å². The molecule has 0 radical (unpaired) electrons. The first-order valence-corrected chi connectivity index (χ1v) is 7.83. The van der Waals surface area contributed by atoms with E-state index in [2.05, 4.69) is 62.0 Å². The van der Waals surface area contributed by atoms with E-state index in [1.807, 2.05) is 12.3 Å². The molecular formula is C17H31N3. The van der Waals surface area contributed by atoms with Crippen molar-refractivity contribution in [2.75, 3.05) is 19.6 Å². The van der Waals surface area contributed by atoms with Gasteiger partial charge in [-0.2, -0.15) is 0 Å². The van der Waals surface area contributed by atoms with Gasteiger partial charge < -0.3 is 5.32 Å². The van der Waals surface area contributed by atoms with Gasteiger partial charge in [-0.05, 0) is 37.1 Å². The van der Waals surface area contributed by atoms with Crippen LogP contribution in [0.25, 0.3) is 0 Å². The molecule has 1 atom stereocenters. The lowest BCUT2D eigenvalue weighted by molar-refractivity contribution is 0.171. The van der Waals surface area contributed by atoms with Crippen molar-refractivity contribution in [2.24, 2.45) is 5.41 Å². The van der Waals surface area contributed by atoms with Gasteiger partial charge in [0.15, 0.2) is 0 Å². The van der Waals surface area contributed by atoms with Crippen LogP contribution >= 0.6 is 0 Å². The van der Waals surface area contributed by atoms with Crippen LogP contribution < -0.4 is 5.32 Å². The van der Waals surface area contributed by atoms with E-state index in [0.29, 0.717) is 6.04 Å². The van der Waals surface area contributed by atoms with Crippen molar-refractivity contribution in [3.8, 4) is 0 Å². The van der Waals surface area contributed by atoms with Crippen LogP contribution in [0.4, 0.5) is 0 Å². The van der Waals surface area contributed by atoms with Crippen LogP contribution in [-0.4, -0.2) is 35.6 Å². The van der Waals surface area contributed by atoms with Crippen LogP contribution in [0.15, 0.2) is 24.4 Å². The smallest absolute Gasteiger partial charge is 0.0543 e. The molecule has 0 aliphatic rings. The third-order valence-corrected chi connectivity index (χ3v) is 3.69. The fourth-order valence-corrected chi connectivity index (χ4v) is 2.25. The molecule has 114 valence electrons. The van der Waals surface area contributed by atoms with Crippen LogP contribution in [-0.2, 0) is 6.54 Å². The zero-order valence-electron chi connectivity index (χ0n) is 13.8. The summed E-state index contributed by atoms with van der Waals surface area (Å²) in [7, 11) is 0. The number of pyridine rings is 1. The molecule has 1 rings (SSSR count). The molecule has 0 spiro atoms. The molecule has 1 heterocycles. The number of nitrogens with one attached hydrogen (secondary N) is 1. The van der Waals surface area contributed by atoms with Gasteiger partial charge in [0.2, 0.25) is 0 Å². The minimum absolute atomic E-state index is 0.271. The summed E-state index contributed by atoms with van der Waals surface area (Å²) in [5.74, 6) is 0. The Labute approximate surface area is 124 Å². The molecule has 1 aromatic heterocycles. The minimum Gasteiger partial charge on any atom is -0.312 e. The van der Waals surface area contributed by atoms with Crippen molar-refractivity contribution in [1.82, 2.24) is 15.2 Å². The number of likely N-dealkylation sites (N-methyl/N-ethyl adjacent to an activating group) is 1. The monoisotopic (exact) mass is 277 g/mol. The van der Waals surface area contributed by atoms with Crippen molar-refractivity contribution in [3.05, 3.63) is 30.1 Å². The first-order valence-electron chi connectivity index (χ1n) is 7.83. The van der Waals surface area contributed by atoms with Crippen molar-refractivity contribution in [1.29, 1.82) is 0 Å². The molecule has 3 heteroatoms. The average Bonchev–Trinajstić information content (AvgIpc) is 2.42. The van der Waals surface area contributed by atoms with Crippen molar-refractivity contribution < 1.29 is 0 Å². The third-order valence-electron chi connectivity index (χ3n) is 3.69. The molecule has 1 N–H and O–H groups in total. The molecular weight excluding hydrogens is 246 g/mol. The lowest BCUT2D eigenvalue weighted by Crippen LogP contribution is -2.48. The first-order chi connectivity index (χ1) is 9.47. The zero-order valence-corrected chi connectivity index (χ0v) is 13.8. The Morgan fingerprint density at radius 3 is 2.50 bits per heavy atom. The summed E-state index contributed by atoms with van der Waals surface area (Å²) in [6.07, 6.45) is 3.05. The highest BCUT2D eigenvalue weighted by Gasteiger charge is 2.25. The summed E-state index contributed by atoms with van der Waals surface area (Å²) in [4.78, 5) is 6.91. The minimum atomic E-state index is 0.271. The Hall–Kier alpha value is -0.930. The van der Waals surface area contributed by atoms with Gasteiger partial charge in [0.05, 0.1) is 5.69 Å². The molecule has 1 aromatic rings. The maximum Gasteiger partial charge on any atom is 0.0543 e. The zero-order chi connectivity index (χ0) is 15.0. The SMILES string of the molecule is CCCNC(CN(CC)Cc1ccccn1)C(C)(C)C. The van der Waals surface area contributed by atoms with E-state index in [1.54, 1.807) is 0 Å². The molecule has 0 amide bonds. The summed E-state index contributed by atoms with van der Waals surface area (Å²) in [6.45, 7) is 15.5. The largest absolute Gasteiger partial charge is 0.312 e. The van der Waals surface area contributed by atoms with Crippen LogP contribution in [0, 0.1) is 5.41 Å². The van der Waals surface area contributed by atoms with Gasteiger partial charge in [0.25, 0.3) is 0 Å². The highest BCUT2D eigenvalue weighted by Crippen LogP contribution is 2.20. The molecule has 0 fully saturated rings. The Morgan fingerprint density at radius 1 is 1.25 bits per heavy atom. The van der Waals surface area contributed by atoms with Crippen LogP contribution in [0.2, 0.25) is 0 Å². The average molecular weight is 277 g/mol. The van der Waals surface area contributed by atoms with Crippen molar-refractivity contribution >= 4 is 0 Å². The van der Waals surface area contributed by atoms with Gasteiger partial charge in [0.1, 0.15) is 0 Å². The number of aromatic nitrogens is 1. The summed E-state index contributed by atoms with van der Waals surface area (Å²) >= 11 is 0. The van der Waals surface area contributed by atoms with E-state index in [1.165, 1.54) is 6.42 Å². The third kappa shape index (κ3) is 6.02. The fourth-order valence-electron chi connectivity index (χ4n) is 2.25. The molecule has 0 aliphatic carbocycles. The molecule has 1 unspecified atom stereocenters. The lowest BCUT2D eigenvalue weighted by Gasteiger charge is -2.35. The predicted octanol–water partition coefficient (Wildman–Crippen LogP) is 3.32. The highest BCUT2D eigenvalue weighted by molar-refractivity contribution is 5.03. The molecule has 20 heavy (non-hydrogen) atoms. The van der Waals surface area contributed by atoms with Gasteiger partial charge in [-0.15, -0.1) is 0 Å². The van der Waals surface area contributed by atoms with E-state index < -0.39 is 0 Å². The van der Waals surface area contributed by atoms with Crippen LogP contribution in [0.1, 0.15) is 46.7 Å². The summed E-state index contributed by atoms with van der Waals surface area (Å²) < 4.78 is 0. The van der Waals surface area contributed by atoms with E-state index >= 15 is 0 Å². The van der Waals surface area contributed by atoms with Gasteiger partial charge >= 0.3 is 0 Å². The Morgan fingerprint density at radius 2 is 2.00 bits per heavy atom.